The van der Waals surface area contributed by atoms with Crippen molar-refractivity contribution in [3.8, 4) is 0 Å². The minimum Gasteiger partial charge on any atom is -0.307 e. The Morgan fingerprint density at radius 3 is 2.79 bits per heavy atom. The van der Waals surface area contributed by atoms with Crippen molar-refractivity contribution < 1.29 is 4.39 Å². The molecule has 1 aromatic heterocycles. The zero-order valence-corrected chi connectivity index (χ0v) is 8.12. The van der Waals surface area contributed by atoms with Gasteiger partial charge in [-0.05, 0) is 37.0 Å². The van der Waals surface area contributed by atoms with E-state index in [-0.39, 0.29) is 6.04 Å². The fourth-order valence-electron chi connectivity index (χ4n) is 1.89. The van der Waals surface area contributed by atoms with E-state index >= 15 is 0 Å². The molecular weight excluding hydrogens is 179 g/mol. The molecule has 0 aliphatic heterocycles. The first-order chi connectivity index (χ1) is 6.86. The van der Waals surface area contributed by atoms with E-state index in [9.17, 15) is 4.39 Å². The molecule has 1 aliphatic rings. The van der Waals surface area contributed by atoms with E-state index < -0.39 is 6.17 Å². The molecule has 2 atom stereocenters. The second-order valence-corrected chi connectivity index (χ2v) is 3.79. The van der Waals surface area contributed by atoms with Gasteiger partial charge in [0.1, 0.15) is 6.17 Å². The monoisotopic (exact) mass is 194 g/mol. The van der Waals surface area contributed by atoms with Crippen LogP contribution in [0.15, 0.2) is 24.5 Å². The van der Waals surface area contributed by atoms with Crippen molar-refractivity contribution in [2.45, 2.75) is 38.0 Å². The molecule has 76 valence electrons. The van der Waals surface area contributed by atoms with Gasteiger partial charge in [-0.1, -0.05) is 0 Å². The summed E-state index contributed by atoms with van der Waals surface area (Å²) in [5.74, 6) is 0. The molecule has 0 spiro atoms. The number of nitrogens with one attached hydrogen (secondary N) is 1. The molecule has 1 N–H and O–H groups in total. The highest BCUT2D eigenvalue weighted by atomic mass is 19.1. The average Bonchev–Trinajstić information content (AvgIpc) is 2.63. The SMILES string of the molecule is FC1CCCC1NCc1ccncc1. The van der Waals surface area contributed by atoms with Crippen molar-refractivity contribution >= 4 is 0 Å². The Balaban J connectivity index is 1.82. The number of aromatic nitrogens is 1. The Kier molecular flexibility index (Phi) is 3.09. The number of hydrogen-bond donors (Lipinski definition) is 1. The Morgan fingerprint density at radius 2 is 2.14 bits per heavy atom. The van der Waals surface area contributed by atoms with E-state index in [0.717, 1.165) is 19.4 Å². The second-order valence-electron chi connectivity index (χ2n) is 3.79. The first-order valence-electron chi connectivity index (χ1n) is 5.12. The van der Waals surface area contributed by atoms with Crippen LogP contribution in [-0.2, 0) is 6.54 Å². The molecule has 2 unspecified atom stereocenters. The number of pyridine rings is 1. The molecule has 1 fully saturated rings. The van der Waals surface area contributed by atoms with E-state index in [1.165, 1.54) is 5.56 Å². The van der Waals surface area contributed by atoms with Crippen LogP contribution < -0.4 is 5.32 Å². The number of alkyl halides is 1. The number of nitrogens with zero attached hydrogens (tertiary/aromatic N) is 1. The lowest BCUT2D eigenvalue weighted by Gasteiger charge is -2.14. The zero-order chi connectivity index (χ0) is 9.80. The van der Waals surface area contributed by atoms with Crippen LogP contribution in [-0.4, -0.2) is 17.2 Å². The third-order valence-corrected chi connectivity index (χ3v) is 2.75. The number of rotatable bonds is 3. The van der Waals surface area contributed by atoms with E-state index in [1.54, 1.807) is 12.4 Å². The predicted octanol–water partition coefficient (Wildman–Crippen LogP) is 2.06. The highest BCUT2D eigenvalue weighted by Crippen LogP contribution is 2.22. The zero-order valence-electron chi connectivity index (χ0n) is 8.12. The predicted molar refractivity (Wildman–Crippen MR) is 53.6 cm³/mol. The van der Waals surface area contributed by atoms with E-state index in [4.69, 9.17) is 0 Å². The van der Waals surface area contributed by atoms with Crippen LogP contribution in [0.3, 0.4) is 0 Å². The van der Waals surface area contributed by atoms with Crippen LogP contribution in [0.1, 0.15) is 24.8 Å². The molecule has 0 saturated heterocycles. The van der Waals surface area contributed by atoms with Crippen molar-refractivity contribution in [3.63, 3.8) is 0 Å². The van der Waals surface area contributed by atoms with Crippen LogP contribution >= 0.6 is 0 Å². The van der Waals surface area contributed by atoms with Gasteiger partial charge in [0, 0.05) is 25.0 Å². The maximum atomic E-state index is 13.2. The first kappa shape index (κ1) is 9.59. The standard InChI is InChI=1S/C11H15FN2/c12-10-2-1-3-11(10)14-8-9-4-6-13-7-5-9/h4-7,10-11,14H,1-3,8H2. The molecule has 1 aliphatic carbocycles. The van der Waals surface area contributed by atoms with Gasteiger partial charge in [-0.25, -0.2) is 4.39 Å². The molecule has 3 heteroatoms. The smallest absolute Gasteiger partial charge is 0.115 e. The molecule has 1 aromatic rings. The van der Waals surface area contributed by atoms with Crippen LogP contribution in [0.5, 0.6) is 0 Å². The Hall–Kier alpha value is -0.960. The Bertz CT molecular complexity index is 276. The third kappa shape index (κ3) is 2.29. The van der Waals surface area contributed by atoms with Crippen LogP contribution in [0.2, 0.25) is 0 Å². The molecule has 0 radical (unpaired) electrons. The van der Waals surface area contributed by atoms with Gasteiger partial charge in [0.2, 0.25) is 0 Å². The molecule has 0 amide bonds. The summed E-state index contributed by atoms with van der Waals surface area (Å²) in [4.78, 5) is 3.94. The molecule has 1 heterocycles. The highest BCUT2D eigenvalue weighted by molar-refractivity contribution is 5.09. The summed E-state index contributed by atoms with van der Waals surface area (Å²) in [7, 11) is 0. The maximum Gasteiger partial charge on any atom is 0.115 e. The van der Waals surface area contributed by atoms with Crippen molar-refractivity contribution in [2.24, 2.45) is 0 Å². The van der Waals surface area contributed by atoms with Crippen LogP contribution in [0, 0.1) is 0 Å². The summed E-state index contributed by atoms with van der Waals surface area (Å²) in [5.41, 5.74) is 1.17. The highest BCUT2D eigenvalue weighted by Gasteiger charge is 2.25. The molecule has 2 nitrogen and oxygen atoms in total. The minimum atomic E-state index is -0.656. The maximum absolute atomic E-state index is 13.2. The fourth-order valence-corrected chi connectivity index (χ4v) is 1.89. The van der Waals surface area contributed by atoms with Gasteiger partial charge in [0.05, 0.1) is 0 Å². The summed E-state index contributed by atoms with van der Waals surface area (Å²) in [6.45, 7) is 0.744. The fraction of sp³-hybridized carbons (Fsp3) is 0.545. The first-order valence-corrected chi connectivity index (χ1v) is 5.12. The number of hydrogen-bond acceptors (Lipinski definition) is 2. The van der Waals surface area contributed by atoms with Gasteiger partial charge in [-0.2, -0.15) is 0 Å². The topological polar surface area (TPSA) is 24.9 Å². The molecular formula is C11H15FN2. The summed E-state index contributed by atoms with van der Waals surface area (Å²) in [5, 5.41) is 3.24. The summed E-state index contributed by atoms with van der Waals surface area (Å²) < 4.78 is 13.2. The number of halogens is 1. The van der Waals surface area contributed by atoms with Gasteiger partial charge in [-0.15, -0.1) is 0 Å². The normalized spacial score (nSPS) is 26.6. The molecule has 14 heavy (non-hydrogen) atoms. The van der Waals surface area contributed by atoms with E-state index in [1.807, 2.05) is 12.1 Å². The summed E-state index contributed by atoms with van der Waals surface area (Å²) >= 11 is 0. The molecule has 2 rings (SSSR count). The summed E-state index contributed by atoms with van der Waals surface area (Å²) in [6, 6.07) is 3.97. The van der Waals surface area contributed by atoms with Crippen LogP contribution in [0.4, 0.5) is 4.39 Å². The van der Waals surface area contributed by atoms with Crippen molar-refractivity contribution in [3.05, 3.63) is 30.1 Å². The van der Waals surface area contributed by atoms with E-state index in [2.05, 4.69) is 10.3 Å². The lowest BCUT2D eigenvalue weighted by atomic mass is 10.2. The molecule has 0 aromatic carbocycles. The van der Waals surface area contributed by atoms with Crippen molar-refractivity contribution in [1.82, 2.24) is 10.3 Å². The van der Waals surface area contributed by atoms with Gasteiger partial charge in [0.15, 0.2) is 0 Å². The van der Waals surface area contributed by atoms with Crippen molar-refractivity contribution in [2.75, 3.05) is 0 Å². The average molecular weight is 194 g/mol. The molecule has 0 bridgehead atoms. The third-order valence-electron chi connectivity index (χ3n) is 2.75. The second kappa shape index (κ2) is 4.51. The lowest BCUT2D eigenvalue weighted by Crippen LogP contribution is -2.32. The van der Waals surface area contributed by atoms with Gasteiger partial charge < -0.3 is 5.32 Å². The van der Waals surface area contributed by atoms with E-state index in [0.29, 0.717) is 6.42 Å². The van der Waals surface area contributed by atoms with Crippen LogP contribution in [0.25, 0.3) is 0 Å². The Morgan fingerprint density at radius 1 is 1.36 bits per heavy atom. The quantitative estimate of drug-likeness (QED) is 0.796. The largest absolute Gasteiger partial charge is 0.307 e. The lowest BCUT2D eigenvalue weighted by molar-refractivity contribution is 0.279. The molecule has 1 saturated carbocycles. The van der Waals surface area contributed by atoms with Gasteiger partial charge >= 0.3 is 0 Å². The van der Waals surface area contributed by atoms with Crippen molar-refractivity contribution in [1.29, 1.82) is 0 Å². The minimum absolute atomic E-state index is 0.0585. The summed E-state index contributed by atoms with van der Waals surface area (Å²) in [6.07, 6.45) is 5.56. The Labute approximate surface area is 83.6 Å². The van der Waals surface area contributed by atoms with Gasteiger partial charge in [-0.3, -0.25) is 4.98 Å². The van der Waals surface area contributed by atoms with Gasteiger partial charge in [0.25, 0.3) is 0 Å².